The van der Waals surface area contributed by atoms with Crippen LogP contribution < -0.4 is 10.1 Å². The predicted molar refractivity (Wildman–Crippen MR) is 144 cm³/mol. The number of pyridine rings is 1. The van der Waals surface area contributed by atoms with Crippen LogP contribution in [0.5, 0.6) is 11.6 Å². The Morgan fingerprint density at radius 2 is 2.13 bits per heavy atom. The van der Waals surface area contributed by atoms with Crippen LogP contribution in [0.15, 0.2) is 61.7 Å². The maximum atomic E-state index is 12.6. The van der Waals surface area contributed by atoms with E-state index in [1.54, 1.807) is 41.6 Å². The second kappa shape index (κ2) is 11.2. The number of benzene rings is 1. The fraction of sp³-hybridized carbons (Fsp3) is 0.296. The van der Waals surface area contributed by atoms with Crippen LogP contribution >= 0.6 is 11.6 Å². The lowest BCUT2D eigenvalue weighted by Gasteiger charge is -2.27. The number of carbonyl (C=O) groups is 1. The Bertz CT molecular complexity index is 1460. The molecule has 1 unspecified atom stereocenters. The van der Waals surface area contributed by atoms with Gasteiger partial charge in [0.05, 0.1) is 17.1 Å². The van der Waals surface area contributed by atoms with Crippen LogP contribution in [0.1, 0.15) is 42.8 Å². The Hall–Kier alpha value is -4.02. The number of rotatable bonds is 7. The summed E-state index contributed by atoms with van der Waals surface area (Å²) in [6.07, 6.45) is 7.50. The van der Waals surface area contributed by atoms with Gasteiger partial charge in [0.15, 0.2) is 6.23 Å². The van der Waals surface area contributed by atoms with Gasteiger partial charge in [-0.25, -0.2) is 15.0 Å². The first kappa shape index (κ1) is 25.6. The van der Waals surface area contributed by atoms with Crippen molar-refractivity contribution in [3.63, 3.8) is 0 Å². The van der Waals surface area contributed by atoms with Gasteiger partial charge in [-0.3, -0.25) is 9.78 Å². The fourth-order valence-electron chi connectivity index (χ4n) is 4.72. The largest absolute Gasteiger partial charge is 0.437 e. The molecule has 4 aromatic rings. The van der Waals surface area contributed by atoms with E-state index in [4.69, 9.17) is 21.3 Å². The van der Waals surface area contributed by atoms with E-state index in [-0.39, 0.29) is 11.9 Å². The number of aryl methyl sites for hydroxylation is 1. The molecule has 1 saturated heterocycles. The first-order chi connectivity index (χ1) is 18.4. The highest BCUT2D eigenvalue weighted by molar-refractivity contribution is 6.36. The second-order valence-corrected chi connectivity index (χ2v) is 9.49. The van der Waals surface area contributed by atoms with Gasteiger partial charge in [0.1, 0.15) is 17.1 Å². The molecule has 1 fully saturated rings. The minimum atomic E-state index is -1.04. The molecule has 38 heavy (non-hydrogen) atoms. The van der Waals surface area contributed by atoms with E-state index < -0.39 is 6.23 Å². The number of amides is 1. The number of aromatic nitrogens is 5. The van der Waals surface area contributed by atoms with E-state index in [9.17, 15) is 9.90 Å². The highest BCUT2D eigenvalue weighted by atomic mass is 35.5. The molecule has 0 bridgehead atoms. The zero-order valence-electron chi connectivity index (χ0n) is 20.9. The predicted octanol–water partition coefficient (Wildman–Crippen LogP) is 4.82. The molecule has 1 aromatic carbocycles. The van der Waals surface area contributed by atoms with Crippen molar-refractivity contribution in [3.8, 4) is 11.6 Å². The van der Waals surface area contributed by atoms with Crippen LogP contribution in [0.4, 0.5) is 5.95 Å². The van der Waals surface area contributed by atoms with E-state index in [1.165, 1.54) is 12.4 Å². The number of hydrogen-bond donors (Lipinski definition) is 2. The summed E-state index contributed by atoms with van der Waals surface area (Å²) in [4.78, 5) is 31.4. The lowest BCUT2D eigenvalue weighted by atomic mass is 10.1. The number of hydrogen-bond acceptors (Lipinski definition) is 8. The van der Waals surface area contributed by atoms with Crippen LogP contribution in [-0.2, 0) is 4.79 Å². The summed E-state index contributed by atoms with van der Waals surface area (Å²) in [7, 11) is 0. The quantitative estimate of drug-likeness (QED) is 0.256. The van der Waals surface area contributed by atoms with Crippen molar-refractivity contribution in [2.75, 3.05) is 18.4 Å². The second-order valence-electron chi connectivity index (χ2n) is 9.12. The molecule has 1 amide bonds. The van der Waals surface area contributed by atoms with Crippen LogP contribution in [0.2, 0.25) is 5.02 Å². The Kier molecular flexibility index (Phi) is 7.52. The van der Waals surface area contributed by atoms with Gasteiger partial charge >= 0.3 is 0 Å². The average Bonchev–Trinajstić information content (AvgIpc) is 3.11. The smallest absolute Gasteiger partial charge is 0.246 e. The van der Waals surface area contributed by atoms with Gasteiger partial charge in [0.25, 0.3) is 0 Å². The molecule has 11 heteroatoms. The average molecular weight is 534 g/mol. The topological polar surface area (TPSA) is 118 Å². The van der Waals surface area contributed by atoms with E-state index in [2.05, 4.69) is 26.8 Å². The highest BCUT2D eigenvalue weighted by Crippen LogP contribution is 2.40. The molecule has 196 valence electrons. The molecule has 1 aliphatic rings. The molecule has 0 radical (unpaired) electrons. The van der Waals surface area contributed by atoms with Crippen LogP contribution in [0.25, 0.3) is 11.0 Å². The normalized spacial score (nSPS) is 16.6. The van der Waals surface area contributed by atoms with Crippen LogP contribution in [0, 0.1) is 6.92 Å². The number of fused-ring (bicyclic) bond motifs is 1. The number of aliphatic hydroxyl groups excluding tert-OH is 1. The third-order valence-corrected chi connectivity index (χ3v) is 6.89. The number of nitrogens with zero attached hydrogens (tertiary/aromatic N) is 6. The molecule has 0 spiro atoms. The van der Waals surface area contributed by atoms with Gasteiger partial charge in [-0.15, -0.1) is 0 Å². The van der Waals surface area contributed by atoms with Crippen molar-refractivity contribution >= 4 is 34.5 Å². The number of aliphatic hydroxyl groups is 1. The Morgan fingerprint density at radius 1 is 1.26 bits per heavy atom. The summed E-state index contributed by atoms with van der Waals surface area (Å²) < 4.78 is 7.92. The van der Waals surface area contributed by atoms with Crippen molar-refractivity contribution in [2.45, 2.75) is 38.5 Å². The van der Waals surface area contributed by atoms with Crippen molar-refractivity contribution in [1.29, 1.82) is 0 Å². The van der Waals surface area contributed by atoms with Gasteiger partial charge in [-0.1, -0.05) is 18.2 Å². The van der Waals surface area contributed by atoms with E-state index in [0.717, 1.165) is 25.0 Å². The van der Waals surface area contributed by atoms with Crippen molar-refractivity contribution in [1.82, 2.24) is 29.4 Å². The lowest BCUT2D eigenvalue weighted by Crippen LogP contribution is -2.34. The molecule has 10 nitrogen and oxygen atoms in total. The van der Waals surface area contributed by atoms with Gasteiger partial charge < -0.3 is 24.6 Å². The monoisotopic (exact) mass is 533 g/mol. The lowest BCUT2D eigenvalue weighted by molar-refractivity contribution is -0.126. The Labute approximate surface area is 225 Å². The minimum absolute atomic E-state index is 0.123. The van der Waals surface area contributed by atoms with E-state index >= 15 is 0 Å². The molecular formula is C27H28ClN7O3. The standard InChI is InChI=1S/C27H28ClN7O3/c1-3-23(36)34-13-5-4-6-19(15-34)35-25-20(7-8-21(24(25)28)38-22-10-11-29-16-31-22)32-27(35)33-26(37)18-9-12-30-17(2)14-18/h3,7-12,14,16,19,26,37H,1,4-6,13,15H2,2H3,(H,32,33)/t19-,26?/m1/s1. The molecule has 0 aliphatic carbocycles. The van der Waals surface area contributed by atoms with Gasteiger partial charge in [-0.2, -0.15) is 0 Å². The molecule has 5 rings (SSSR count). The van der Waals surface area contributed by atoms with E-state index in [0.29, 0.717) is 52.3 Å². The number of anilines is 1. The SMILES string of the molecule is C=CC(=O)N1CCCC[C@@H](n2c(NC(O)c3ccnc(C)c3)nc3ccc(Oc4ccncn4)c(Cl)c32)C1. The minimum Gasteiger partial charge on any atom is -0.437 e. The summed E-state index contributed by atoms with van der Waals surface area (Å²) in [6, 6.07) is 8.58. The van der Waals surface area contributed by atoms with Gasteiger partial charge in [-0.05, 0) is 56.5 Å². The Balaban J connectivity index is 1.60. The summed E-state index contributed by atoms with van der Waals surface area (Å²) in [5.41, 5.74) is 2.70. The zero-order valence-corrected chi connectivity index (χ0v) is 21.7. The number of carbonyl (C=O) groups excluding carboxylic acids is 1. The highest BCUT2D eigenvalue weighted by Gasteiger charge is 2.28. The van der Waals surface area contributed by atoms with Crippen LogP contribution in [-0.4, -0.2) is 53.5 Å². The zero-order chi connectivity index (χ0) is 26.6. The maximum absolute atomic E-state index is 12.6. The Morgan fingerprint density at radius 3 is 2.89 bits per heavy atom. The maximum Gasteiger partial charge on any atom is 0.246 e. The fourth-order valence-corrected chi connectivity index (χ4v) is 5.01. The summed E-state index contributed by atoms with van der Waals surface area (Å²) >= 11 is 6.95. The summed E-state index contributed by atoms with van der Waals surface area (Å²) in [5, 5.41) is 14.6. The third-order valence-electron chi connectivity index (χ3n) is 6.52. The number of likely N-dealkylation sites (tertiary alicyclic amines) is 1. The first-order valence-electron chi connectivity index (χ1n) is 12.4. The van der Waals surface area contributed by atoms with Crippen molar-refractivity contribution < 1.29 is 14.6 Å². The summed E-state index contributed by atoms with van der Waals surface area (Å²) in [6.45, 7) is 6.61. The molecule has 0 saturated carbocycles. The number of halogens is 1. The number of nitrogens with one attached hydrogen (secondary N) is 1. The molecule has 4 heterocycles. The third kappa shape index (κ3) is 5.32. The molecule has 2 atom stereocenters. The number of ether oxygens (including phenoxy) is 1. The molecule has 3 aromatic heterocycles. The molecule has 2 N–H and O–H groups in total. The summed E-state index contributed by atoms with van der Waals surface area (Å²) in [5.74, 6) is 1.07. The van der Waals surface area contributed by atoms with Crippen molar-refractivity contribution in [3.05, 3.63) is 78.0 Å². The number of imidazole rings is 1. The molecule has 1 aliphatic heterocycles. The van der Waals surface area contributed by atoms with Crippen LogP contribution in [0.3, 0.4) is 0 Å². The molecular weight excluding hydrogens is 506 g/mol. The van der Waals surface area contributed by atoms with Gasteiger partial charge in [0.2, 0.25) is 17.7 Å². The van der Waals surface area contributed by atoms with Crippen molar-refractivity contribution in [2.24, 2.45) is 0 Å². The van der Waals surface area contributed by atoms with Gasteiger partial charge in [0, 0.05) is 42.8 Å². The first-order valence-corrected chi connectivity index (χ1v) is 12.7. The van der Waals surface area contributed by atoms with E-state index in [1.807, 2.05) is 17.6 Å².